The second-order valence-corrected chi connectivity index (χ2v) is 4.15. The molecule has 0 aliphatic rings. The van der Waals surface area contributed by atoms with Gasteiger partial charge in [0.1, 0.15) is 12.0 Å². The molecule has 0 aliphatic carbocycles. The Bertz CT molecular complexity index is 471. The minimum absolute atomic E-state index is 0.105. The molecule has 0 heterocycles. The topological polar surface area (TPSA) is 104 Å². The Morgan fingerprint density at radius 1 is 1.11 bits per heavy atom. The van der Waals surface area contributed by atoms with Gasteiger partial charge < -0.3 is 15.5 Å². The molecule has 2 unspecified atom stereocenters. The van der Waals surface area contributed by atoms with E-state index in [0.29, 0.717) is 0 Å². The van der Waals surface area contributed by atoms with Gasteiger partial charge in [0.2, 0.25) is 5.91 Å². The highest BCUT2D eigenvalue weighted by molar-refractivity contribution is 5.98. The number of aliphatic carboxylic acids is 2. The number of hydrogen-bond donors (Lipinski definition) is 3. The molecule has 1 rings (SSSR count). The van der Waals surface area contributed by atoms with Crippen LogP contribution in [0.15, 0.2) is 30.3 Å². The average Bonchev–Trinajstić information content (AvgIpc) is 2.37. The van der Waals surface area contributed by atoms with Crippen molar-refractivity contribution < 1.29 is 24.6 Å². The highest BCUT2D eigenvalue weighted by atomic mass is 16.4. The number of carboxylic acid groups (broad SMARTS) is 2. The van der Waals surface area contributed by atoms with Crippen LogP contribution >= 0.6 is 0 Å². The molecule has 0 saturated carbocycles. The molecule has 0 aromatic heterocycles. The van der Waals surface area contributed by atoms with E-state index in [0.717, 1.165) is 5.56 Å². The molecule has 0 spiro atoms. The molecule has 1 aromatic carbocycles. The van der Waals surface area contributed by atoms with Crippen molar-refractivity contribution in [2.24, 2.45) is 5.92 Å². The normalized spacial score (nSPS) is 13.3. The predicted octanol–water partition coefficient (Wildman–Crippen LogP) is 0.519. The Labute approximate surface area is 110 Å². The summed E-state index contributed by atoms with van der Waals surface area (Å²) in [5, 5.41) is 20.0. The van der Waals surface area contributed by atoms with Crippen molar-refractivity contribution in [2.45, 2.75) is 19.4 Å². The smallest absolute Gasteiger partial charge is 0.326 e. The summed E-state index contributed by atoms with van der Waals surface area (Å²) in [6.45, 7) is 1.21. The summed E-state index contributed by atoms with van der Waals surface area (Å²) in [5.74, 6) is -4.58. The van der Waals surface area contributed by atoms with E-state index in [9.17, 15) is 14.4 Å². The van der Waals surface area contributed by atoms with E-state index in [-0.39, 0.29) is 6.42 Å². The fourth-order valence-corrected chi connectivity index (χ4v) is 1.46. The fraction of sp³-hybridized carbons (Fsp3) is 0.308. The lowest BCUT2D eigenvalue weighted by molar-refractivity contribution is -0.149. The van der Waals surface area contributed by atoms with Gasteiger partial charge >= 0.3 is 11.9 Å². The van der Waals surface area contributed by atoms with Crippen molar-refractivity contribution in [3.05, 3.63) is 35.9 Å². The van der Waals surface area contributed by atoms with Crippen molar-refractivity contribution in [3.63, 3.8) is 0 Å². The Kier molecular flexibility index (Phi) is 5.05. The zero-order chi connectivity index (χ0) is 14.4. The molecule has 102 valence electrons. The molecular formula is C13H15NO5. The molecule has 0 aliphatic heterocycles. The Morgan fingerprint density at radius 2 is 1.68 bits per heavy atom. The van der Waals surface area contributed by atoms with Gasteiger partial charge in [-0.3, -0.25) is 9.59 Å². The summed E-state index contributed by atoms with van der Waals surface area (Å²) < 4.78 is 0. The molecule has 19 heavy (non-hydrogen) atoms. The SMILES string of the molecule is CC(C(=O)O)C(=O)NC(Cc1ccccc1)C(=O)O. The van der Waals surface area contributed by atoms with E-state index in [1.807, 2.05) is 0 Å². The first-order valence-corrected chi connectivity index (χ1v) is 5.71. The van der Waals surface area contributed by atoms with E-state index in [4.69, 9.17) is 10.2 Å². The van der Waals surface area contributed by atoms with Crippen LogP contribution in [0, 0.1) is 5.92 Å². The zero-order valence-electron chi connectivity index (χ0n) is 10.4. The molecule has 0 bridgehead atoms. The first-order valence-electron chi connectivity index (χ1n) is 5.71. The van der Waals surface area contributed by atoms with Crippen LogP contribution < -0.4 is 5.32 Å². The Hall–Kier alpha value is -2.37. The van der Waals surface area contributed by atoms with E-state index in [2.05, 4.69) is 5.32 Å². The summed E-state index contributed by atoms with van der Waals surface area (Å²) in [7, 11) is 0. The maximum absolute atomic E-state index is 11.5. The summed E-state index contributed by atoms with van der Waals surface area (Å²) >= 11 is 0. The van der Waals surface area contributed by atoms with Gasteiger partial charge in [0.05, 0.1) is 0 Å². The van der Waals surface area contributed by atoms with Crippen molar-refractivity contribution in [2.75, 3.05) is 0 Å². The number of hydrogen-bond acceptors (Lipinski definition) is 3. The van der Waals surface area contributed by atoms with Crippen LogP contribution in [0.2, 0.25) is 0 Å². The Balaban J connectivity index is 2.72. The maximum Gasteiger partial charge on any atom is 0.326 e. The van der Waals surface area contributed by atoms with Crippen LogP contribution in [0.3, 0.4) is 0 Å². The van der Waals surface area contributed by atoms with E-state index in [1.165, 1.54) is 6.92 Å². The van der Waals surface area contributed by atoms with Gasteiger partial charge in [0.25, 0.3) is 0 Å². The van der Waals surface area contributed by atoms with Crippen molar-refractivity contribution in [1.82, 2.24) is 5.32 Å². The number of carbonyl (C=O) groups excluding carboxylic acids is 1. The number of amides is 1. The number of benzene rings is 1. The van der Waals surface area contributed by atoms with Gasteiger partial charge in [-0.1, -0.05) is 30.3 Å². The lowest BCUT2D eigenvalue weighted by Crippen LogP contribution is -2.45. The van der Waals surface area contributed by atoms with Gasteiger partial charge in [-0.05, 0) is 12.5 Å². The summed E-state index contributed by atoms with van der Waals surface area (Å²) in [5.41, 5.74) is 0.748. The molecular weight excluding hydrogens is 250 g/mol. The van der Waals surface area contributed by atoms with Crippen molar-refractivity contribution in [1.29, 1.82) is 0 Å². The minimum atomic E-state index is -1.29. The first-order chi connectivity index (χ1) is 8.91. The van der Waals surface area contributed by atoms with Gasteiger partial charge in [-0.2, -0.15) is 0 Å². The largest absolute Gasteiger partial charge is 0.481 e. The summed E-state index contributed by atoms with van der Waals surface area (Å²) in [6.07, 6.45) is 0.105. The van der Waals surface area contributed by atoms with Gasteiger partial charge in [-0.15, -0.1) is 0 Å². The molecule has 2 atom stereocenters. The second-order valence-electron chi connectivity index (χ2n) is 4.15. The second kappa shape index (κ2) is 6.53. The third-order valence-electron chi connectivity index (χ3n) is 2.66. The zero-order valence-corrected chi connectivity index (χ0v) is 10.4. The minimum Gasteiger partial charge on any atom is -0.481 e. The average molecular weight is 265 g/mol. The molecule has 3 N–H and O–H groups in total. The molecule has 1 aromatic rings. The summed E-state index contributed by atoms with van der Waals surface area (Å²) in [6, 6.07) is 7.65. The van der Waals surface area contributed by atoms with Crippen LogP contribution in [0.5, 0.6) is 0 Å². The number of nitrogens with one attached hydrogen (secondary N) is 1. The van der Waals surface area contributed by atoms with E-state index in [1.54, 1.807) is 30.3 Å². The van der Waals surface area contributed by atoms with Crippen molar-refractivity contribution >= 4 is 17.8 Å². The number of rotatable bonds is 6. The van der Waals surface area contributed by atoms with Crippen molar-refractivity contribution in [3.8, 4) is 0 Å². The molecule has 6 heteroatoms. The van der Waals surface area contributed by atoms with Gasteiger partial charge in [0, 0.05) is 6.42 Å². The van der Waals surface area contributed by atoms with Crippen LogP contribution in [0.25, 0.3) is 0 Å². The highest BCUT2D eigenvalue weighted by Gasteiger charge is 2.26. The van der Waals surface area contributed by atoms with Gasteiger partial charge in [-0.25, -0.2) is 4.79 Å². The number of carboxylic acids is 2. The first kappa shape index (κ1) is 14.7. The van der Waals surface area contributed by atoms with E-state index < -0.39 is 29.8 Å². The third-order valence-corrected chi connectivity index (χ3v) is 2.66. The summed E-state index contributed by atoms with van der Waals surface area (Å²) in [4.78, 5) is 33.2. The molecule has 6 nitrogen and oxygen atoms in total. The lowest BCUT2D eigenvalue weighted by Gasteiger charge is -2.16. The van der Waals surface area contributed by atoms with Crippen LogP contribution in [-0.4, -0.2) is 34.1 Å². The predicted molar refractivity (Wildman–Crippen MR) is 66.5 cm³/mol. The molecule has 1 amide bonds. The number of carbonyl (C=O) groups is 3. The van der Waals surface area contributed by atoms with Crippen LogP contribution in [0.1, 0.15) is 12.5 Å². The standard InChI is InChI=1S/C13H15NO5/c1-8(12(16)17)11(15)14-10(13(18)19)7-9-5-3-2-4-6-9/h2-6,8,10H,7H2,1H3,(H,14,15)(H,16,17)(H,18,19). The maximum atomic E-state index is 11.5. The van der Waals surface area contributed by atoms with Gasteiger partial charge in [0.15, 0.2) is 0 Å². The monoisotopic (exact) mass is 265 g/mol. The van der Waals surface area contributed by atoms with E-state index >= 15 is 0 Å². The van der Waals surface area contributed by atoms with Crippen LogP contribution in [0.4, 0.5) is 0 Å². The van der Waals surface area contributed by atoms with Crippen LogP contribution in [-0.2, 0) is 20.8 Å². The lowest BCUT2D eigenvalue weighted by atomic mass is 10.0. The third kappa shape index (κ3) is 4.42. The molecule has 0 saturated heterocycles. The Morgan fingerprint density at radius 3 is 2.16 bits per heavy atom. The highest BCUT2D eigenvalue weighted by Crippen LogP contribution is 2.05. The molecule has 0 fully saturated rings. The fourth-order valence-electron chi connectivity index (χ4n) is 1.46. The molecule has 0 radical (unpaired) electrons. The quantitative estimate of drug-likeness (QED) is 0.650.